The first-order valence-electron chi connectivity index (χ1n) is 8.93. The lowest BCUT2D eigenvalue weighted by Crippen LogP contribution is -2.40. The molecule has 3 aromatic rings. The number of aromatic nitrogens is 2. The molecule has 6 heteroatoms. The van der Waals surface area contributed by atoms with Gasteiger partial charge in [0, 0.05) is 22.7 Å². The lowest BCUT2D eigenvalue weighted by atomic mass is 10.0. The van der Waals surface area contributed by atoms with Crippen LogP contribution in [-0.2, 0) is 0 Å². The first kappa shape index (κ1) is 19.4. The van der Waals surface area contributed by atoms with Crippen molar-refractivity contribution in [2.24, 2.45) is 0 Å². The van der Waals surface area contributed by atoms with Gasteiger partial charge in [-0.25, -0.2) is 0 Å². The van der Waals surface area contributed by atoms with Crippen molar-refractivity contribution in [3.8, 4) is 28.6 Å². The Kier molecular flexibility index (Phi) is 5.59. The van der Waals surface area contributed by atoms with Crippen LogP contribution in [-0.4, -0.2) is 28.8 Å². The number of carbonyl (C=O) groups excluding carboxylic acids is 1. The number of nitrogens with zero attached hydrogens (tertiary/aromatic N) is 2. The van der Waals surface area contributed by atoms with Gasteiger partial charge in [0.15, 0.2) is 11.5 Å². The molecule has 0 fully saturated rings. The van der Waals surface area contributed by atoms with E-state index in [1.54, 1.807) is 37.4 Å². The Morgan fingerprint density at radius 1 is 0.929 bits per heavy atom. The minimum absolute atomic E-state index is 0.126. The Labute approximate surface area is 164 Å². The second-order valence-electron chi connectivity index (χ2n) is 7.29. The fourth-order valence-electron chi connectivity index (χ4n) is 2.58. The van der Waals surface area contributed by atoms with Gasteiger partial charge in [0.25, 0.3) is 5.91 Å². The highest BCUT2D eigenvalue weighted by molar-refractivity contribution is 5.95. The minimum atomic E-state index is -0.301. The predicted molar refractivity (Wildman–Crippen MR) is 108 cm³/mol. The topological polar surface area (TPSA) is 73.3 Å². The Morgan fingerprint density at radius 3 is 2.32 bits per heavy atom. The minimum Gasteiger partial charge on any atom is -0.493 e. The van der Waals surface area contributed by atoms with Gasteiger partial charge in [-0.15, -0.1) is 10.2 Å². The van der Waals surface area contributed by atoms with Gasteiger partial charge in [-0.2, -0.15) is 0 Å². The molecule has 0 bridgehead atoms. The average molecular weight is 377 g/mol. The molecule has 0 aliphatic carbocycles. The number of nitrogens with one attached hydrogen (secondary N) is 1. The van der Waals surface area contributed by atoms with Gasteiger partial charge < -0.3 is 14.8 Å². The summed E-state index contributed by atoms with van der Waals surface area (Å²) in [7, 11) is 1.58. The van der Waals surface area contributed by atoms with Crippen molar-refractivity contribution in [1.29, 1.82) is 0 Å². The molecular weight excluding hydrogens is 354 g/mol. The lowest BCUT2D eigenvalue weighted by molar-refractivity contribution is 0.0919. The van der Waals surface area contributed by atoms with Gasteiger partial charge in [-0.3, -0.25) is 4.79 Å². The molecule has 0 saturated heterocycles. The van der Waals surface area contributed by atoms with Crippen LogP contribution in [0.4, 0.5) is 0 Å². The zero-order valence-corrected chi connectivity index (χ0v) is 16.4. The molecule has 144 valence electrons. The number of rotatable bonds is 5. The fraction of sp³-hybridized carbons (Fsp3) is 0.227. The summed E-state index contributed by atoms with van der Waals surface area (Å²) >= 11 is 0. The van der Waals surface area contributed by atoms with Crippen LogP contribution >= 0.6 is 0 Å². The summed E-state index contributed by atoms with van der Waals surface area (Å²) in [6.45, 7) is 5.84. The molecule has 1 amide bonds. The summed E-state index contributed by atoms with van der Waals surface area (Å²) in [4.78, 5) is 12.4. The van der Waals surface area contributed by atoms with Gasteiger partial charge in [0.2, 0.25) is 5.88 Å². The SMILES string of the molecule is COc1ccccc1Oc1ccc(-c2cccc(C(=O)NC(C)(C)C)c2)nn1. The van der Waals surface area contributed by atoms with Crippen molar-refractivity contribution >= 4 is 5.91 Å². The third kappa shape index (κ3) is 4.85. The van der Waals surface area contributed by atoms with E-state index in [4.69, 9.17) is 9.47 Å². The standard InChI is InChI=1S/C22H23N3O3/c1-22(2,3)23-21(26)16-9-7-8-15(14-16)17-12-13-20(25-24-17)28-19-11-6-5-10-18(19)27-4/h5-14H,1-4H3,(H,23,26). The number of hydrogen-bond donors (Lipinski definition) is 1. The van der Waals surface area contributed by atoms with Gasteiger partial charge in [0.05, 0.1) is 12.8 Å². The maximum Gasteiger partial charge on any atom is 0.251 e. The quantitative estimate of drug-likeness (QED) is 0.710. The molecule has 1 heterocycles. The summed E-state index contributed by atoms with van der Waals surface area (Å²) in [5.41, 5.74) is 1.73. The number of carbonyl (C=O) groups is 1. The second kappa shape index (κ2) is 8.08. The number of para-hydroxylation sites is 2. The normalized spacial score (nSPS) is 11.0. The number of ether oxygens (including phenoxy) is 2. The van der Waals surface area contributed by atoms with E-state index in [0.29, 0.717) is 28.6 Å². The van der Waals surface area contributed by atoms with E-state index in [1.807, 2.05) is 51.1 Å². The van der Waals surface area contributed by atoms with Crippen molar-refractivity contribution in [3.05, 3.63) is 66.2 Å². The molecule has 0 atom stereocenters. The van der Waals surface area contributed by atoms with Crippen molar-refractivity contribution in [2.75, 3.05) is 7.11 Å². The van der Waals surface area contributed by atoms with E-state index in [9.17, 15) is 4.79 Å². The molecule has 0 aliphatic heterocycles. The predicted octanol–water partition coefficient (Wildman–Crippen LogP) is 4.47. The molecule has 0 spiro atoms. The first-order chi connectivity index (χ1) is 13.4. The molecule has 0 aliphatic rings. The van der Waals surface area contributed by atoms with Crippen LogP contribution in [0.25, 0.3) is 11.3 Å². The van der Waals surface area contributed by atoms with E-state index >= 15 is 0 Å². The van der Waals surface area contributed by atoms with Crippen LogP contribution in [0.2, 0.25) is 0 Å². The summed E-state index contributed by atoms with van der Waals surface area (Å²) in [6, 6.07) is 18.2. The van der Waals surface area contributed by atoms with Crippen molar-refractivity contribution in [1.82, 2.24) is 15.5 Å². The number of amides is 1. The lowest BCUT2D eigenvalue weighted by Gasteiger charge is -2.20. The van der Waals surface area contributed by atoms with Gasteiger partial charge in [0.1, 0.15) is 0 Å². The Morgan fingerprint density at radius 2 is 1.68 bits per heavy atom. The Hall–Kier alpha value is -3.41. The summed E-state index contributed by atoms with van der Waals surface area (Å²) in [6.07, 6.45) is 0. The zero-order valence-electron chi connectivity index (χ0n) is 16.4. The Balaban J connectivity index is 1.78. The van der Waals surface area contributed by atoms with E-state index in [1.165, 1.54) is 0 Å². The number of methoxy groups -OCH3 is 1. The fourth-order valence-corrected chi connectivity index (χ4v) is 2.58. The molecule has 2 aromatic carbocycles. The van der Waals surface area contributed by atoms with Gasteiger partial charge in [-0.1, -0.05) is 24.3 Å². The molecule has 0 saturated carbocycles. The summed E-state index contributed by atoms with van der Waals surface area (Å²) in [5, 5.41) is 11.3. The monoisotopic (exact) mass is 377 g/mol. The summed E-state index contributed by atoms with van der Waals surface area (Å²) < 4.78 is 11.0. The number of benzene rings is 2. The van der Waals surface area contributed by atoms with Crippen LogP contribution in [0.3, 0.4) is 0 Å². The molecule has 1 N–H and O–H groups in total. The highest BCUT2D eigenvalue weighted by atomic mass is 16.5. The average Bonchev–Trinajstić information content (AvgIpc) is 2.68. The molecule has 28 heavy (non-hydrogen) atoms. The van der Waals surface area contributed by atoms with E-state index in [-0.39, 0.29) is 11.4 Å². The molecule has 0 unspecified atom stereocenters. The van der Waals surface area contributed by atoms with Crippen molar-refractivity contribution in [3.63, 3.8) is 0 Å². The summed E-state index contributed by atoms with van der Waals surface area (Å²) in [5.74, 6) is 1.41. The zero-order chi connectivity index (χ0) is 20.1. The largest absolute Gasteiger partial charge is 0.493 e. The molecule has 0 radical (unpaired) electrons. The van der Waals surface area contributed by atoms with Crippen LogP contribution in [0.1, 0.15) is 31.1 Å². The van der Waals surface area contributed by atoms with Gasteiger partial charge in [-0.05, 0) is 51.1 Å². The van der Waals surface area contributed by atoms with Crippen LogP contribution in [0.15, 0.2) is 60.7 Å². The third-order valence-corrected chi connectivity index (χ3v) is 3.83. The molecule has 6 nitrogen and oxygen atoms in total. The second-order valence-corrected chi connectivity index (χ2v) is 7.29. The van der Waals surface area contributed by atoms with Crippen LogP contribution < -0.4 is 14.8 Å². The van der Waals surface area contributed by atoms with Crippen molar-refractivity contribution < 1.29 is 14.3 Å². The highest BCUT2D eigenvalue weighted by Crippen LogP contribution is 2.30. The maximum atomic E-state index is 12.4. The van der Waals surface area contributed by atoms with Crippen molar-refractivity contribution in [2.45, 2.75) is 26.3 Å². The Bertz CT molecular complexity index is 963. The smallest absolute Gasteiger partial charge is 0.251 e. The van der Waals surface area contributed by atoms with Crippen LogP contribution in [0.5, 0.6) is 17.4 Å². The highest BCUT2D eigenvalue weighted by Gasteiger charge is 2.16. The van der Waals surface area contributed by atoms with E-state index in [0.717, 1.165) is 5.56 Å². The van der Waals surface area contributed by atoms with Gasteiger partial charge >= 0.3 is 0 Å². The molecule has 3 rings (SSSR count). The molecular formula is C22H23N3O3. The van der Waals surface area contributed by atoms with Crippen LogP contribution in [0, 0.1) is 0 Å². The van der Waals surface area contributed by atoms with E-state index < -0.39 is 0 Å². The number of hydrogen-bond acceptors (Lipinski definition) is 5. The first-order valence-corrected chi connectivity index (χ1v) is 8.93. The molecule has 1 aromatic heterocycles. The van der Waals surface area contributed by atoms with E-state index in [2.05, 4.69) is 15.5 Å². The maximum absolute atomic E-state index is 12.4. The third-order valence-electron chi connectivity index (χ3n) is 3.83.